The Morgan fingerprint density at radius 3 is 2.94 bits per heavy atom. The topological polar surface area (TPSA) is 30.7 Å². The number of hydrogen-bond donors (Lipinski definition) is 0. The number of aromatic nitrogens is 3. The molecular formula is C13H16ClN3. The maximum atomic E-state index is 5.98. The van der Waals surface area contributed by atoms with Crippen molar-refractivity contribution in [3.05, 3.63) is 23.7 Å². The Balaban J connectivity index is 2.05. The molecule has 3 rings (SSSR count). The molecule has 0 aliphatic heterocycles. The number of pyridine rings is 1. The molecule has 1 aliphatic carbocycles. The number of imidazole rings is 1. The van der Waals surface area contributed by atoms with Gasteiger partial charge in [-0.1, -0.05) is 6.42 Å². The highest BCUT2D eigenvalue weighted by Crippen LogP contribution is 2.29. The molecule has 2 aromatic rings. The Bertz CT molecular complexity index is 543. The van der Waals surface area contributed by atoms with Crippen LogP contribution in [0.4, 0.5) is 0 Å². The maximum Gasteiger partial charge on any atom is 0.160 e. The van der Waals surface area contributed by atoms with E-state index in [0.29, 0.717) is 5.88 Å². The Morgan fingerprint density at radius 1 is 1.47 bits per heavy atom. The van der Waals surface area contributed by atoms with Crippen molar-refractivity contribution in [3.8, 4) is 0 Å². The summed E-state index contributed by atoms with van der Waals surface area (Å²) in [5.74, 6) is 2.20. The SMILES string of the molecule is Cc1cnc2c(c1)nc(CCl)n2CC1CCC1. The lowest BCUT2D eigenvalue weighted by molar-refractivity contribution is 0.277. The zero-order valence-corrected chi connectivity index (χ0v) is 10.7. The predicted molar refractivity (Wildman–Crippen MR) is 69.2 cm³/mol. The lowest BCUT2D eigenvalue weighted by Crippen LogP contribution is -2.19. The van der Waals surface area contributed by atoms with E-state index >= 15 is 0 Å². The first-order valence-electron chi connectivity index (χ1n) is 6.15. The molecule has 0 spiro atoms. The summed E-state index contributed by atoms with van der Waals surface area (Å²) in [7, 11) is 0. The number of fused-ring (bicyclic) bond motifs is 1. The predicted octanol–water partition coefficient (Wildman–Crippen LogP) is 3.28. The summed E-state index contributed by atoms with van der Waals surface area (Å²) in [6.07, 6.45) is 5.92. The summed E-state index contributed by atoms with van der Waals surface area (Å²) >= 11 is 5.98. The van der Waals surface area contributed by atoms with Crippen LogP contribution < -0.4 is 0 Å². The molecule has 0 bridgehead atoms. The summed E-state index contributed by atoms with van der Waals surface area (Å²) in [5.41, 5.74) is 3.10. The molecule has 4 heteroatoms. The van der Waals surface area contributed by atoms with Crippen LogP contribution >= 0.6 is 11.6 Å². The van der Waals surface area contributed by atoms with Gasteiger partial charge < -0.3 is 4.57 Å². The molecule has 17 heavy (non-hydrogen) atoms. The van der Waals surface area contributed by atoms with Gasteiger partial charge in [0, 0.05) is 12.7 Å². The standard InChI is InChI=1S/C13H16ClN3/c1-9-5-11-13(15-7-9)17(12(6-14)16-11)8-10-3-2-4-10/h5,7,10H,2-4,6,8H2,1H3. The van der Waals surface area contributed by atoms with Crippen LogP contribution in [0, 0.1) is 12.8 Å². The highest BCUT2D eigenvalue weighted by Gasteiger charge is 2.21. The van der Waals surface area contributed by atoms with Crippen LogP contribution in [0.5, 0.6) is 0 Å². The minimum Gasteiger partial charge on any atom is -0.311 e. The Hall–Kier alpha value is -1.09. The zero-order chi connectivity index (χ0) is 11.8. The molecule has 0 amide bonds. The molecule has 0 N–H and O–H groups in total. The quantitative estimate of drug-likeness (QED) is 0.782. The van der Waals surface area contributed by atoms with E-state index in [9.17, 15) is 0 Å². The molecule has 1 aliphatic rings. The van der Waals surface area contributed by atoms with E-state index in [1.165, 1.54) is 19.3 Å². The van der Waals surface area contributed by atoms with Crippen molar-refractivity contribution < 1.29 is 0 Å². The van der Waals surface area contributed by atoms with Crippen LogP contribution in [0.15, 0.2) is 12.3 Å². The van der Waals surface area contributed by atoms with Crippen LogP contribution in [-0.2, 0) is 12.4 Å². The zero-order valence-electron chi connectivity index (χ0n) is 9.99. The fourth-order valence-corrected chi connectivity index (χ4v) is 2.59. The van der Waals surface area contributed by atoms with Gasteiger partial charge in [0.15, 0.2) is 5.65 Å². The highest BCUT2D eigenvalue weighted by atomic mass is 35.5. The average Bonchev–Trinajstić information content (AvgIpc) is 2.60. The minimum atomic E-state index is 0.460. The molecule has 1 fully saturated rings. The molecule has 2 aromatic heterocycles. The van der Waals surface area contributed by atoms with Crippen LogP contribution in [-0.4, -0.2) is 14.5 Å². The third-order valence-electron chi connectivity index (χ3n) is 3.59. The van der Waals surface area contributed by atoms with Crippen molar-refractivity contribution in [2.24, 2.45) is 5.92 Å². The number of halogens is 1. The van der Waals surface area contributed by atoms with Crippen LogP contribution in [0.25, 0.3) is 11.2 Å². The maximum absolute atomic E-state index is 5.98. The van der Waals surface area contributed by atoms with Gasteiger partial charge in [-0.2, -0.15) is 0 Å². The molecule has 2 heterocycles. The van der Waals surface area contributed by atoms with Crippen molar-refractivity contribution in [3.63, 3.8) is 0 Å². The van der Waals surface area contributed by atoms with Gasteiger partial charge >= 0.3 is 0 Å². The molecule has 0 radical (unpaired) electrons. The lowest BCUT2D eigenvalue weighted by atomic mass is 9.85. The van der Waals surface area contributed by atoms with E-state index in [1.807, 2.05) is 13.1 Å². The van der Waals surface area contributed by atoms with Gasteiger partial charge in [-0.3, -0.25) is 0 Å². The number of nitrogens with zero attached hydrogens (tertiary/aromatic N) is 3. The summed E-state index contributed by atoms with van der Waals surface area (Å²) < 4.78 is 2.20. The smallest absolute Gasteiger partial charge is 0.160 e. The van der Waals surface area contributed by atoms with Crippen molar-refractivity contribution in [1.29, 1.82) is 0 Å². The number of rotatable bonds is 3. The molecule has 0 saturated heterocycles. The van der Waals surface area contributed by atoms with Crippen LogP contribution in [0.2, 0.25) is 0 Å². The third kappa shape index (κ3) is 1.93. The van der Waals surface area contributed by atoms with E-state index in [4.69, 9.17) is 11.6 Å². The molecule has 90 valence electrons. The van der Waals surface area contributed by atoms with Crippen LogP contribution in [0.1, 0.15) is 30.7 Å². The average molecular weight is 250 g/mol. The van der Waals surface area contributed by atoms with Gasteiger partial charge in [-0.25, -0.2) is 9.97 Å². The fourth-order valence-electron chi connectivity index (χ4n) is 2.39. The van der Waals surface area contributed by atoms with E-state index < -0.39 is 0 Å². The summed E-state index contributed by atoms with van der Waals surface area (Å²) in [4.78, 5) is 9.07. The van der Waals surface area contributed by atoms with E-state index in [2.05, 4.69) is 20.6 Å². The first kappa shape index (κ1) is 11.0. The molecule has 0 aromatic carbocycles. The van der Waals surface area contributed by atoms with Gasteiger partial charge in [0.2, 0.25) is 0 Å². The molecule has 0 atom stereocenters. The van der Waals surface area contributed by atoms with Gasteiger partial charge in [0.05, 0.1) is 5.88 Å². The number of hydrogen-bond acceptors (Lipinski definition) is 2. The van der Waals surface area contributed by atoms with Crippen molar-refractivity contribution in [2.75, 3.05) is 0 Å². The third-order valence-corrected chi connectivity index (χ3v) is 3.82. The first-order valence-corrected chi connectivity index (χ1v) is 6.69. The Labute approximate surface area is 106 Å². The van der Waals surface area contributed by atoms with E-state index in [1.54, 1.807) is 0 Å². The summed E-state index contributed by atoms with van der Waals surface area (Å²) in [5, 5.41) is 0. The van der Waals surface area contributed by atoms with E-state index in [-0.39, 0.29) is 0 Å². The summed E-state index contributed by atoms with van der Waals surface area (Å²) in [6, 6.07) is 2.08. The monoisotopic (exact) mass is 249 g/mol. The Morgan fingerprint density at radius 2 is 2.29 bits per heavy atom. The second kappa shape index (κ2) is 4.30. The van der Waals surface area contributed by atoms with Gasteiger partial charge in [0.1, 0.15) is 11.3 Å². The highest BCUT2D eigenvalue weighted by molar-refractivity contribution is 6.16. The fraction of sp³-hybridized carbons (Fsp3) is 0.538. The number of alkyl halides is 1. The minimum absolute atomic E-state index is 0.460. The van der Waals surface area contributed by atoms with Crippen molar-refractivity contribution in [2.45, 2.75) is 38.6 Å². The lowest BCUT2D eigenvalue weighted by Gasteiger charge is -2.26. The first-order chi connectivity index (χ1) is 8.28. The second-order valence-corrected chi connectivity index (χ2v) is 5.19. The van der Waals surface area contributed by atoms with Gasteiger partial charge in [-0.15, -0.1) is 11.6 Å². The molecule has 1 saturated carbocycles. The van der Waals surface area contributed by atoms with Crippen molar-refractivity contribution >= 4 is 22.8 Å². The number of aryl methyl sites for hydroxylation is 1. The van der Waals surface area contributed by atoms with E-state index in [0.717, 1.165) is 35.0 Å². The van der Waals surface area contributed by atoms with Crippen molar-refractivity contribution in [1.82, 2.24) is 14.5 Å². The molecule has 3 nitrogen and oxygen atoms in total. The normalized spacial score (nSPS) is 16.4. The largest absolute Gasteiger partial charge is 0.311 e. The van der Waals surface area contributed by atoms with Gasteiger partial charge in [0.25, 0.3) is 0 Å². The van der Waals surface area contributed by atoms with Gasteiger partial charge in [-0.05, 0) is 37.3 Å². The molecular weight excluding hydrogens is 234 g/mol. The van der Waals surface area contributed by atoms with Crippen LogP contribution in [0.3, 0.4) is 0 Å². The second-order valence-electron chi connectivity index (χ2n) is 4.92. The summed E-state index contributed by atoms with van der Waals surface area (Å²) in [6.45, 7) is 3.06. The molecule has 0 unspecified atom stereocenters. The Kier molecular flexibility index (Phi) is 2.79.